The smallest absolute Gasteiger partial charge is 0.235 e. The van der Waals surface area contributed by atoms with Crippen molar-refractivity contribution in [2.45, 2.75) is 0 Å². The van der Waals surface area contributed by atoms with E-state index in [9.17, 15) is 0 Å². The van der Waals surface area contributed by atoms with E-state index in [1.54, 1.807) is 0 Å². The molecule has 12 aromatic carbocycles. The molecule has 0 atom stereocenters. The quantitative estimate of drug-likeness (QED) is 0.175. The second-order valence-electron chi connectivity index (χ2n) is 23.1. The van der Waals surface area contributed by atoms with Gasteiger partial charge >= 0.3 is 0 Å². The standard InChI is InChI=1S/C77H41N9/c1-2-17-43(18-3-1)72-73-57(81-77(82-72)86-61-29-15-10-24-52(61)69-65(86)40-54-50-22-8-12-26-58(50)83-62-36-31-42-16-4-6-20-47(42)66(62)70(69)74(54)83)35-34-56(79-73)45-30-33-48-44(38-45)32-37-63-67(48)71-68-51-23-9-14-28-60(51)85(76-78-41-46-19-5-11-25-55(46)80-76)64(68)39-53-49-21-7-13-27-59(49)84(63)75(53)71/h1-41H. The summed E-state index contributed by atoms with van der Waals surface area (Å²) in [4.78, 5) is 27.0. The molecule has 9 heteroatoms. The van der Waals surface area contributed by atoms with Crippen LogP contribution in [-0.2, 0) is 0 Å². The summed E-state index contributed by atoms with van der Waals surface area (Å²) in [5.41, 5.74) is 17.5. The fourth-order valence-corrected chi connectivity index (χ4v) is 15.3. The topological polar surface area (TPSA) is 83.1 Å². The molecule has 9 aromatic heterocycles. The average molecular weight is 1090 g/mol. The summed E-state index contributed by atoms with van der Waals surface area (Å²) in [7, 11) is 0. The van der Waals surface area contributed by atoms with Crippen LogP contribution in [0.4, 0.5) is 0 Å². The molecular weight excluding hydrogens is 1050 g/mol. The number of aromatic nitrogens is 9. The fourth-order valence-electron chi connectivity index (χ4n) is 15.3. The molecule has 394 valence electrons. The maximum atomic E-state index is 5.64. The van der Waals surface area contributed by atoms with Crippen molar-refractivity contribution in [2.24, 2.45) is 0 Å². The predicted octanol–water partition coefficient (Wildman–Crippen LogP) is 19.1. The highest BCUT2D eigenvalue weighted by molar-refractivity contribution is 6.40. The predicted molar refractivity (Wildman–Crippen MR) is 354 cm³/mol. The Morgan fingerprint density at radius 3 is 1.47 bits per heavy atom. The Bertz CT molecular complexity index is 6580. The van der Waals surface area contributed by atoms with Crippen LogP contribution in [0.3, 0.4) is 0 Å². The maximum absolute atomic E-state index is 5.64. The molecule has 0 aliphatic carbocycles. The van der Waals surface area contributed by atoms with Gasteiger partial charge in [-0.3, -0.25) is 9.13 Å². The molecule has 21 rings (SSSR count). The van der Waals surface area contributed by atoms with E-state index in [2.05, 4.69) is 248 Å². The molecule has 0 aliphatic heterocycles. The van der Waals surface area contributed by atoms with Crippen molar-refractivity contribution in [3.63, 3.8) is 0 Å². The largest absolute Gasteiger partial charge is 0.308 e. The highest BCUT2D eigenvalue weighted by Crippen LogP contribution is 2.51. The second kappa shape index (κ2) is 16.0. The molecule has 0 fully saturated rings. The van der Waals surface area contributed by atoms with Crippen LogP contribution in [0.15, 0.2) is 249 Å². The van der Waals surface area contributed by atoms with Crippen molar-refractivity contribution >= 4 is 163 Å². The number of pyridine rings is 1. The second-order valence-corrected chi connectivity index (χ2v) is 23.1. The Balaban J connectivity index is 0.792. The van der Waals surface area contributed by atoms with E-state index in [0.29, 0.717) is 11.9 Å². The molecule has 0 bridgehead atoms. The van der Waals surface area contributed by atoms with Gasteiger partial charge in [-0.25, -0.2) is 24.9 Å². The van der Waals surface area contributed by atoms with Gasteiger partial charge in [0, 0.05) is 87.3 Å². The molecule has 0 N–H and O–H groups in total. The van der Waals surface area contributed by atoms with Crippen molar-refractivity contribution in [3.05, 3.63) is 249 Å². The van der Waals surface area contributed by atoms with Crippen LogP contribution in [-0.4, -0.2) is 42.9 Å². The molecular formula is C77H41N9. The van der Waals surface area contributed by atoms with Crippen LogP contribution >= 0.6 is 0 Å². The van der Waals surface area contributed by atoms with E-state index in [1.807, 2.05) is 18.3 Å². The zero-order valence-corrected chi connectivity index (χ0v) is 45.7. The van der Waals surface area contributed by atoms with E-state index >= 15 is 0 Å². The number of nitrogens with zero attached hydrogens (tertiary/aromatic N) is 9. The number of rotatable bonds is 4. The van der Waals surface area contributed by atoms with Gasteiger partial charge in [0.1, 0.15) is 11.2 Å². The third kappa shape index (κ3) is 5.62. The van der Waals surface area contributed by atoms with Gasteiger partial charge in [-0.1, -0.05) is 170 Å². The first-order chi connectivity index (χ1) is 42.7. The minimum Gasteiger partial charge on any atom is -0.308 e. The zero-order valence-electron chi connectivity index (χ0n) is 45.7. The van der Waals surface area contributed by atoms with Crippen LogP contribution in [0.5, 0.6) is 0 Å². The van der Waals surface area contributed by atoms with Gasteiger partial charge in [0.15, 0.2) is 0 Å². The molecule has 0 saturated heterocycles. The van der Waals surface area contributed by atoms with Gasteiger partial charge in [0.25, 0.3) is 0 Å². The lowest BCUT2D eigenvalue weighted by atomic mass is 9.97. The Morgan fingerprint density at radius 1 is 0.267 bits per heavy atom. The van der Waals surface area contributed by atoms with Crippen molar-refractivity contribution in [1.82, 2.24) is 42.9 Å². The molecule has 9 nitrogen and oxygen atoms in total. The van der Waals surface area contributed by atoms with Crippen LogP contribution < -0.4 is 0 Å². The highest BCUT2D eigenvalue weighted by atomic mass is 15.2. The van der Waals surface area contributed by atoms with Crippen molar-refractivity contribution < 1.29 is 0 Å². The van der Waals surface area contributed by atoms with Crippen LogP contribution in [0.1, 0.15) is 0 Å². The highest BCUT2D eigenvalue weighted by Gasteiger charge is 2.29. The van der Waals surface area contributed by atoms with Gasteiger partial charge < -0.3 is 8.80 Å². The molecule has 0 unspecified atom stereocenters. The Hall–Kier alpha value is -11.8. The summed E-state index contributed by atoms with van der Waals surface area (Å²) in [6.07, 6.45) is 1.94. The van der Waals surface area contributed by atoms with E-state index in [1.165, 1.54) is 103 Å². The summed E-state index contributed by atoms with van der Waals surface area (Å²) in [6.45, 7) is 0. The van der Waals surface area contributed by atoms with E-state index in [4.69, 9.17) is 24.9 Å². The first kappa shape index (κ1) is 44.8. The first-order valence-corrected chi connectivity index (χ1v) is 29.2. The van der Waals surface area contributed by atoms with Gasteiger partial charge in [-0.15, -0.1) is 0 Å². The van der Waals surface area contributed by atoms with E-state index < -0.39 is 0 Å². The van der Waals surface area contributed by atoms with Crippen molar-refractivity contribution in [3.8, 4) is 34.4 Å². The number of hydrogen-bond acceptors (Lipinski definition) is 5. The molecule has 0 saturated carbocycles. The summed E-state index contributed by atoms with van der Waals surface area (Å²) in [5, 5.41) is 20.3. The van der Waals surface area contributed by atoms with E-state index in [-0.39, 0.29) is 0 Å². The van der Waals surface area contributed by atoms with Crippen LogP contribution in [0, 0.1) is 0 Å². The molecule has 0 aliphatic rings. The van der Waals surface area contributed by atoms with Crippen LogP contribution in [0.2, 0.25) is 0 Å². The van der Waals surface area contributed by atoms with Gasteiger partial charge in [0.2, 0.25) is 11.9 Å². The number of fused-ring (bicyclic) bond motifs is 26. The monoisotopic (exact) mass is 1090 g/mol. The number of para-hydroxylation sites is 5. The van der Waals surface area contributed by atoms with Gasteiger partial charge in [-0.2, -0.15) is 0 Å². The summed E-state index contributed by atoms with van der Waals surface area (Å²) in [5.74, 6) is 1.25. The molecule has 21 aromatic rings. The lowest BCUT2D eigenvalue weighted by molar-refractivity contribution is 1.01. The summed E-state index contributed by atoms with van der Waals surface area (Å²) in [6, 6.07) is 87.6. The average Bonchev–Trinajstić information content (AvgIpc) is 1.56. The Morgan fingerprint density at radius 2 is 0.791 bits per heavy atom. The minimum atomic E-state index is 0.596. The lowest BCUT2D eigenvalue weighted by Gasteiger charge is -2.13. The normalized spacial score (nSPS) is 12.7. The fraction of sp³-hybridized carbons (Fsp3) is 0. The maximum Gasteiger partial charge on any atom is 0.235 e. The van der Waals surface area contributed by atoms with E-state index in [0.717, 1.165) is 82.7 Å². The summed E-state index contributed by atoms with van der Waals surface area (Å²) < 4.78 is 9.53. The SMILES string of the molecule is c1ccc(-c2nc(-n3c4ccccc4c4c5c6c7ccccc7ccc6n6c7ccccc7c(cc43)c56)nc3ccc(-c4ccc5c(ccc6c5c5c7c8ccccc8n(-c8ncc9ccccc9n8)c7cc7c8ccccc8n6c75)c4)nc23)cc1. The third-order valence-electron chi connectivity index (χ3n) is 18.8. The Labute approximate surface area is 486 Å². The first-order valence-electron chi connectivity index (χ1n) is 29.2. The van der Waals surface area contributed by atoms with Gasteiger partial charge in [-0.05, 0) is 94.3 Å². The molecule has 0 amide bonds. The lowest BCUT2D eigenvalue weighted by Crippen LogP contribution is -2.04. The molecule has 86 heavy (non-hydrogen) atoms. The van der Waals surface area contributed by atoms with Gasteiger partial charge in [0.05, 0.1) is 71.9 Å². The zero-order chi connectivity index (χ0) is 55.6. The van der Waals surface area contributed by atoms with Crippen LogP contribution in [0.25, 0.3) is 198 Å². The summed E-state index contributed by atoms with van der Waals surface area (Å²) >= 11 is 0. The minimum absolute atomic E-state index is 0.596. The molecule has 0 spiro atoms. The Kier molecular flexibility index (Phi) is 8.36. The third-order valence-corrected chi connectivity index (χ3v) is 18.8. The number of benzene rings is 12. The molecule has 0 radical (unpaired) electrons. The van der Waals surface area contributed by atoms with Crippen molar-refractivity contribution in [1.29, 1.82) is 0 Å². The van der Waals surface area contributed by atoms with Crippen molar-refractivity contribution in [2.75, 3.05) is 0 Å². The molecule has 9 heterocycles. The number of hydrogen-bond donors (Lipinski definition) is 0.